The SMILES string of the molecule is COCC(=O)N1C[C@H](NC(=O)c2cc(C)c(O)c(C)c2)C(=O)N(CC(=O)N[C@H](C=O)CC(C)=O)c2ccc(F)cc21. The molecule has 2 aromatic carbocycles. The van der Waals surface area contributed by atoms with Crippen LogP contribution in [-0.4, -0.2) is 79.7 Å². The van der Waals surface area contributed by atoms with E-state index in [0.29, 0.717) is 17.4 Å². The molecule has 0 saturated carbocycles. The molecule has 41 heavy (non-hydrogen) atoms. The molecule has 1 aliphatic rings. The summed E-state index contributed by atoms with van der Waals surface area (Å²) >= 11 is 0. The number of aryl methyl sites for hydroxylation is 2. The highest BCUT2D eigenvalue weighted by Crippen LogP contribution is 2.34. The molecule has 2 aromatic rings. The number of hydrogen-bond acceptors (Lipinski definition) is 8. The fraction of sp³-hybridized carbons (Fsp3) is 0.357. The van der Waals surface area contributed by atoms with Crippen molar-refractivity contribution in [2.45, 2.75) is 39.3 Å². The average molecular weight is 571 g/mol. The van der Waals surface area contributed by atoms with Crippen LogP contribution in [0.15, 0.2) is 30.3 Å². The molecule has 218 valence electrons. The number of nitrogens with zero attached hydrogens (tertiary/aromatic N) is 2. The summed E-state index contributed by atoms with van der Waals surface area (Å²) in [5.74, 6) is -4.00. The number of fused-ring (bicyclic) bond motifs is 1. The van der Waals surface area contributed by atoms with Crippen molar-refractivity contribution in [3.05, 3.63) is 52.8 Å². The molecule has 0 unspecified atom stereocenters. The number of halogens is 1. The molecule has 0 fully saturated rings. The normalized spacial score (nSPS) is 15.4. The van der Waals surface area contributed by atoms with Crippen molar-refractivity contribution in [3.8, 4) is 5.75 Å². The third kappa shape index (κ3) is 7.31. The van der Waals surface area contributed by atoms with Gasteiger partial charge in [-0.15, -0.1) is 0 Å². The molecule has 1 aliphatic heterocycles. The van der Waals surface area contributed by atoms with Gasteiger partial charge in [-0.3, -0.25) is 28.9 Å². The van der Waals surface area contributed by atoms with Crippen LogP contribution < -0.4 is 20.4 Å². The second-order valence-electron chi connectivity index (χ2n) is 9.70. The first kappa shape index (κ1) is 30.9. The van der Waals surface area contributed by atoms with Crippen molar-refractivity contribution >= 4 is 47.1 Å². The number of anilines is 2. The summed E-state index contributed by atoms with van der Waals surface area (Å²) in [6.45, 7) is 2.94. The fourth-order valence-corrected chi connectivity index (χ4v) is 4.48. The van der Waals surface area contributed by atoms with E-state index in [0.717, 1.165) is 21.9 Å². The number of phenols is 1. The van der Waals surface area contributed by atoms with E-state index in [9.17, 15) is 38.3 Å². The molecule has 1 heterocycles. The molecule has 3 N–H and O–H groups in total. The van der Waals surface area contributed by atoms with Gasteiger partial charge in [0.25, 0.3) is 17.7 Å². The van der Waals surface area contributed by atoms with Crippen LogP contribution in [0.25, 0.3) is 0 Å². The Morgan fingerprint density at radius 1 is 1.15 bits per heavy atom. The Labute approximate surface area is 235 Å². The van der Waals surface area contributed by atoms with Crippen molar-refractivity contribution in [1.82, 2.24) is 10.6 Å². The number of rotatable bonds is 10. The van der Waals surface area contributed by atoms with Crippen LogP contribution in [-0.2, 0) is 28.7 Å². The largest absolute Gasteiger partial charge is 0.507 e. The number of carbonyl (C=O) groups excluding carboxylic acids is 6. The van der Waals surface area contributed by atoms with Gasteiger partial charge in [0, 0.05) is 19.1 Å². The molecule has 12 nitrogen and oxygen atoms in total. The second kappa shape index (κ2) is 13.1. The van der Waals surface area contributed by atoms with Gasteiger partial charge in [-0.2, -0.15) is 0 Å². The Kier molecular flexibility index (Phi) is 9.90. The minimum Gasteiger partial charge on any atom is -0.507 e. The number of aldehydes is 1. The van der Waals surface area contributed by atoms with Gasteiger partial charge in [0.15, 0.2) is 0 Å². The molecule has 0 radical (unpaired) electrons. The number of amides is 4. The van der Waals surface area contributed by atoms with Gasteiger partial charge in [0.1, 0.15) is 42.8 Å². The van der Waals surface area contributed by atoms with Crippen LogP contribution in [0, 0.1) is 19.7 Å². The minimum atomic E-state index is -1.40. The van der Waals surface area contributed by atoms with Gasteiger partial charge in [0.05, 0.1) is 24.0 Å². The molecular formula is C28H31FN4O8. The number of aromatic hydroxyl groups is 1. The van der Waals surface area contributed by atoms with Gasteiger partial charge in [0.2, 0.25) is 5.91 Å². The van der Waals surface area contributed by atoms with Crippen molar-refractivity contribution in [1.29, 1.82) is 0 Å². The number of carbonyl (C=O) groups is 6. The zero-order valence-electron chi connectivity index (χ0n) is 23.0. The lowest BCUT2D eigenvalue weighted by Crippen LogP contribution is -2.55. The van der Waals surface area contributed by atoms with Gasteiger partial charge in [-0.05, 0) is 62.2 Å². The summed E-state index contributed by atoms with van der Waals surface area (Å²) in [4.78, 5) is 77.9. The van der Waals surface area contributed by atoms with Gasteiger partial charge < -0.3 is 30.2 Å². The number of methoxy groups -OCH3 is 1. The third-order valence-electron chi connectivity index (χ3n) is 6.40. The predicted molar refractivity (Wildman–Crippen MR) is 145 cm³/mol. The highest BCUT2D eigenvalue weighted by atomic mass is 19.1. The molecule has 0 saturated heterocycles. The molecule has 3 rings (SSSR count). The number of phenolic OH excluding ortho intramolecular Hbond substituents is 1. The topological polar surface area (TPSA) is 162 Å². The van der Waals surface area contributed by atoms with Crippen molar-refractivity contribution in [2.24, 2.45) is 0 Å². The predicted octanol–water partition coefficient (Wildman–Crippen LogP) is 0.936. The van der Waals surface area contributed by atoms with Crippen molar-refractivity contribution in [3.63, 3.8) is 0 Å². The number of ether oxygens (including phenoxy) is 1. The first-order chi connectivity index (χ1) is 19.4. The molecule has 0 bridgehead atoms. The van der Waals surface area contributed by atoms with E-state index in [1.807, 2.05) is 0 Å². The molecule has 4 amide bonds. The Hall–Kier alpha value is -4.65. The first-order valence-corrected chi connectivity index (χ1v) is 12.6. The molecule has 13 heteroatoms. The summed E-state index contributed by atoms with van der Waals surface area (Å²) in [6, 6.07) is 3.59. The average Bonchev–Trinajstić information content (AvgIpc) is 3.01. The van der Waals surface area contributed by atoms with Crippen LogP contribution >= 0.6 is 0 Å². The lowest BCUT2D eigenvalue weighted by molar-refractivity contribution is -0.127. The summed E-state index contributed by atoms with van der Waals surface area (Å²) in [5.41, 5.74) is 0.942. The Balaban J connectivity index is 2.03. The summed E-state index contributed by atoms with van der Waals surface area (Å²) in [7, 11) is 1.28. The Morgan fingerprint density at radius 3 is 2.39 bits per heavy atom. The highest BCUT2D eigenvalue weighted by Gasteiger charge is 2.38. The van der Waals surface area contributed by atoms with Crippen LogP contribution in [0.2, 0.25) is 0 Å². The Morgan fingerprint density at radius 2 is 1.80 bits per heavy atom. The maximum atomic E-state index is 14.4. The maximum Gasteiger partial charge on any atom is 0.253 e. The smallest absolute Gasteiger partial charge is 0.253 e. The lowest BCUT2D eigenvalue weighted by Gasteiger charge is -2.25. The summed E-state index contributed by atoms with van der Waals surface area (Å²) in [5, 5.41) is 15.0. The van der Waals surface area contributed by atoms with Crippen LogP contribution in [0.5, 0.6) is 5.75 Å². The van der Waals surface area contributed by atoms with Crippen LogP contribution in [0.3, 0.4) is 0 Å². The van der Waals surface area contributed by atoms with Gasteiger partial charge >= 0.3 is 0 Å². The summed E-state index contributed by atoms with van der Waals surface area (Å²) in [6.07, 6.45) is 0.136. The van der Waals surface area contributed by atoms with Crippen molar-refractivity contribution < 1.29 is 43.0 Å². The van der Waals surface area contributed by atoms with E-state index >= 15 is 0 Å². The van der Waals surface area contributed by atoms with Crippen LogP contribution in [0.1, 0.15) is 34.8 Å². The zero-order chi connectivity index (χ0) is 30.4. The molecule has 2 atom stereocenters. The van der Waals surface area contributed by atoms with E-state index in [1.165, 1.54) is 32.2 Å². The second-order valence-corrected chi connectivity index (χ2v) is 9.70. The molecular weight excluding hydrogens is 539 g/mol. The molecule has 0 aliphatic carbocycles. The fourth-order valence-electron chi connectivity index (χ4n) is 4.48. The quantitative estimate of drug-likeness (QED) is 0.356. The van der Waals surface area contributed by atoms with E-state index < -0.39 is 61.2 Å². The van der Waals surface area contributed by atoms with E-state index in [4.69, 9.17) is 4.74 Å². The summed E-state index contributed by atoms with van der Waals surface area (Å²) < 4.78 is 19.4. The van der Waals surface area contributed by atoms with Crippen LogP contribution in [0.4, 0.5) is 15.8 Å². The number of ketones is 1. The van der Waals surface area contributed by atoms with Gasteiger partial charge in [-0.1, -0.05) is 0 Å². The minimum absolute atomic E-state index is 0.00158. The first-order valence-electron chi connectivity index (χ1n) is 12.6. The Bertz CT molecular complexity index is 1370. The lowest BCUT2D eigenvalue weighted by atomic mass is 10.0. The maximum absolute atomic E-state index is 14.4. The standard InChI is InChI=1S/C28H31FN4O8/c1-15-7-18(8-16(2)26(15)38)27(39)31-21-11-32(25(37)14-41-4)23-10-19(29)5-6-22(23)33(28(21)40)12-24(36)30-20(13-34)9-17(3)35/h5-8,10,13,20-21,38H,9,11-12,14H2,1-4H3,(H,30,36)(H,31,39)/t20-,21-/m0/s1. The number of hydrogen-bond donors (Lipinski definition) is 3. The number of benzene rings is 2. The highest BCUT2D eigenvalue weighted by molar-refractivity contribution is 6.11. The number of nitrogens with one attached hydrogen (secondary N) is 2. The zero-order valence-corrected chi connectivity index (χ0v) is 23.0. The van der Waals surface area contributed by atoms with E-state index in [2.05, 4.69) is 10.6 Å². The molecule has 0 aromatic heterocycles. The third-order valence-corrected chi connectivity index (χ3v) is 6.40. The van der Waals surface area contributed by atoms with Crippen molar-refractivity contribution in [2.75, 3.05) is 36.6 Å². The van der Waals surface area contributed by atoms with E-state index in [-0.39, 0.29) is 34.9 Å². The monoisotopic (exact) mass is 570 g/mol. The van der Waals surface area contributed by atoms with E-state index in [1.54, 1.807) is 13.8 Å². The van der Waals surface area contributed by atoms with Gasteiger partial charge in [-0.25, -0.2) is 4.39 Å². The number of Topliss-reactive ketones (excluding diaryl/α,β-unsaturated/α-hetero) is 1. The molecule has 0 spiro atoms.